The first-order valence-corrected chi connectivity index (χ1v) is 24.1. The molecule has 216 valence electrons. The summed E-state index contributed by atoms with van der Waals surface area (Å²) in [6.07, 6.45) is 0.559. The molecule has 0 bridgehead atoms. The topological polar surface area (TPSA) is 68.3 Å². The van der Waals surface area contributed by atoms with Gasteiger partial charge in [-0.2, -0.15) is 0 Å². The van der Waals surface area contributed by atoms with Crippen LogP contribution in [0.25, 0.3) is 0 Å². The molecule has 0 fully saturated rings. The summed E-state index contributed by atoms with van der Waals surface area (Å²) in [5, 5.41) is 6.38. The Hall–Kier alpha value is 2.16. The number of rotatable bonds is 24. The monoisotopic (exact) mass is 856 g/mol. The quantitative estimate of drug-likeness (QED) is 0.0793. The Morgan fingerprint density at radius 1 is 0.486 bits per heavy atom. The van der Waals surface area contributed by atoms with Gasteiger partial charge in [0.1, 0.15) is 0 Å². The fraction of sp³-hybridized carbons (Fsp3) is 0.840. The summed E-state index contributed by atoms with van der Waals surface area (Å²) in [6, 6.07) is 0. The number of hydrogen-bond donors (Lipinski definition) is 4. The third-order valence-corrected chi connectivity index (χ3v) is 18.3. The molecule has 12 heteroatoms. The first-order valence-electron chi connectivity index (χ1n) is 12.3. The molecule has 4 unspecified atom stereocenters. The predicted octanol–water partition coefficient (Wildman–Crippen LogP) is 5.25. The third kappa shape index (κ3) is 23.4. The van der Waals surface area contributed by atoms with E-state index < -0.39 is 5.41 Å². The van der Waals surface area contributed by atoms with Crippen molar-refractivity contribution in [2.75, 3.05) is 0 Å². The van der Waals surface area contributed by atoms with Crippen molar-refractivity contribution in [2.45, 2.75) is 117 Å². The van der Waals surface area contributed by atoms with Crippen molar-refractivity contribution in [3.05, 3.63) is 0 Å². The second-order valence-electron chi connectivity index (χ2n) is 9.82. The van der Waals surface area contributed by atoms with Crippen LogP contribution in [0.15, 0.2) is 0 Å². The molecule has 0 N–H and O–H groups in total. The van der Waals surface area contributed by atoms with Crippen LogP contribution in [-0.4, -0.2) is 104 Å². The van der Waals surface area contributed by atoms with Gasteiger partial charge < -0.3 is 0 Å². The molecule has 4 atom stereocenters. The zero-order valence-corrected chi connectivity index (χ0v) is 32.8. The molecule has 0 spiro atoms. The molecule has 0 aromatic rings. The van der Waals surface area contributed by atoms with Crippen LogP contribution in [0.4, 0.5) is 0 Å². The summed E-state index contributed by atoms with van der Waals surface area (Å²) in [6.45, 7) is 8.07. The van der Waals surface area contributed by atoms with Gasteiger partial charge in [0.15, 0.2) is 0 Å². The summed E-state index contributed by atoms with van der Waals surface area (Å²) < 4.78 is 0. The van der Waals surface area contributed by atoms with Gasteiger partial charge in [-0.05, 0) is 0 Å². The van der Waals surface area contributed by atoms with Crippen molar-refractivity contribution in [1.29, 1.82) is 0 Å². The SMILES string of the molecule is CC(S)C[Se]CC(=O)CC(CC(=O)C[Se]CC(C)S)(CC(=O)C[Se]CC(C)S)CC(=O)C[Se]CC(C)S. The van der Waals surface area contributed by atoms with Crippen molar-refractivity contribution >= 4 is 133 Å². The van der Waals surface area contributed by atoms with Gasteiger partial charge in [0.05, 0.1) is 0 Å². The van der Waals surface area contributed by atoms with E-state index in [4.69, 9.17) is 0 Å². The van der Waals surface area contributed by atoms with Gasteiger partial charge in [-0.1, -0.05) is 0 Å². The number of ketones is 4. The Bertz CT molecular complexity index is 589. The summed E-state index contributed by atoms with van der Waals surface area (Å²) in [7, 11) is 0. The Balaban J connectivity index is 5.75. The van der Waals surface area contributed by atoms with E-state index in [0.717, 1.165) is 21.3 Å². The van der Waals surface area contributed by atoms with E-state index >= 15 is 0 Å². The van der Waals surface area contributed by atoms with Crippen molar-refractivity contribution < 1.29 is 19.2 Å². The van der Waals surface area contributed by atoms with E-state index in [9.17, 15) is 19.2 Å². The summed E-state index contributed by atoms with van der Waals surface area (Å²) >= 11 is 18.2. The van der Waals surface area contributed by atoms with Gasteiger partial charge in [0.2, 0.25) is 0 Å². The normalized spacial score (nSPS) is 16.4. The summed E-state index contributed by atoms with van der Waals surface area (Å²) in [4.78, 5) is 52.5. The average molecular weight is 853 g/mol. The van der Waals surface area contributed by atoms with Crippen LogP contribution in [0.5, 0.6) is 0 Å². The standard InChI is InChI=1S/C25H44O4S4Se4/c1-17(30)9-34-13-21(26)5-25(6-22(27)14-35-10-18(2)31,7-23(28)15-36-11-19(3)32)8-24(29)16-37-12-20(4)33/h17-20,30-33H,5-16H2,1-4H3. The molecule has 0 aromatic carbocycles. The van der Waals surface area contributed by atoms with Crippen LogP contribution in [0.2, 0.25) is 42.6 Å². The van der Waals surface area contributed by atoms with Crippen molar-refractivity contribution in [2.24, 2.45) is 5.41 Å². The summed E-state index contributed by atoms with van der Waals surface area (Å²) in [5.74, 6) is 0.281. The molecule has 0 amide bonds. The molecule has 0 aliphatic rings. The van der Waals surface area contributed by atoms with Crippen molar-refractivity contribution in [3.8, 4) is 0 Å². The first-order chi connectivity index (χ1) is 17.2. The van der Waals surface area contributed by atoms with E-state index in [-0.39, 0.29) is 130 Å². The molecule has 0 heterocycles. The van der Waals surface area contributed by atoms with Crippen LogP contribution >= 0.6 is 50.5 Å². The average Bonchev–Trinajstić information content (AvgIpc) is 2.72. The van der Waals surface area contributed by atoms with Gasteiger partial charge in [-0.3, -0.25) is 0 Å². The van der Waals surface area contributed by atoms with Crippen LogP contribution in [0.3, 0.4) is 0 Å². The second-order valence-corrected chi connectivity index (χ2v) is 22.0. The number of thiol groups is 4. The maximum absolute atomic E-state index is 13.1. The van der Waals surface area contributed by atoms with Crippen molar-refractivity contribution in [1.82, 2.24) is 0 Å². The van der Waals surface area contributed by atoms with Crippen molar-refractivity contribution in [3.63, 3.8) is 0 Å². The number of Topliss-reactive ketones (excluding diaryl/α,β-unsaturated/α-hetero) is 4. The molecule has 0 saturated heterocycles. The molecular weight excluding hydrogens is 808 g/mol. The Labute approximate surface area is 272 Å². The molecular formula is C25H44O4S4Se4. The van der Waals surface area contributed by atoms with Crippen LogP contribution < -0.4 is 0 Å². The molecule has 4 nitrogen and oxygen atoms in total. The Morgan fingerprint density at radius 2 is 0.676 bits per heavy atom. The third-order valence-electron chi connectivity index (χ3n) is 4.78. The van der Waals surface area contributed by atoms with Gasteiger partial charge in [-0.15, -0.1) is 0 Å². The van der Waals surface area contributed by atoms with Crippen LogP contribution in [0.1, 0.15) is 53.4 Å². The van der Waals surface area contributed by atoms with Crippen LogP contribution in [-0.2, 0) is 19.2 Å². The molecule has 0 aliphatic carbocycles. The number of carbonyl (C=O) groups excluding carboxylic acids is 4. The van der Waals surface area contributed by atoms with E-state index in [0.29, 0.717) is 21.3 Å². The molecule has 0 aromatic heterocycles. The van der Waals surface area contributed by atoms with Gasteiger partial charge >= 0.3 is 275 Å². The van der Waals surface area contributed by atoms with Gasteiger partial charge in [0, 0.05) is 0 Å². The fourth-order valence-electron chi connectivity index (χ4n) is 3.63. The molecule has 0 rings (SSSR count). The van der Waals surface area contributed by atoms with E-state index in [1.54, 1.807) is 0 Å². The van der Waals surface area contributed by atoms with Gasteiger partial charge in [-0.25, -0.2) is 0 Å². The number of carbonyl (C=O) groups is 4. The summed E-state index contributed by atoms with van der Waals surface area (Å²) in [5.41, 5.74) is -0.890. The Morgan fingerprint density at radius 3 is 0.838 bits per heavy atom. The minimum atomic E-state index is -0.890. The molecule has 0 saturated carbocycles. The van der Waals surface area contributed by atoms with E-state index in [2.05, 4.69) is 50.5 Å². The van der Waals surface area contributed by atoms with E-state index in [1.807, 2.05) is 27.7 Å². The van der Waals surface area contributed by atoms with Gasteiger partial charge in [0.25, 0.3) is 0 Å². The minimum absolute atomic E-state index is 0.0702. The fourth-order valence-corrected chi connectivity index (χ4v) is 12.4. The second kappa shape index (κ2) is 22.7. The molecule has 0 aliphatic heterocycles. The van der Waals surface area contributed by atoms with Crippen LogP contribution in [0, 0.1) is 5.41 Å². The zero-order chi connectivity index (χ0) is 28.4. The molecule has 37 heavy (non-hydrogen) atoms. The molecule has 0 radical (unpaired) electrons. The predicted molar refractivity (Wildman–Crippen MR) is 176 cm³/mol. The Kier molecular flexibility index (Phi) is 24.0. The first kappa shape index (κ1) is 39.2. The maximum atomic E-state index is 13.1. The zero-order valence-electron chi connectivity index (χ0n) is 22.3. The van der Waals surface area contributed by atoms with E-state index in [1.165, 1.54) is 0 Å². The number of hydrogen-bond acceptors (Lipinski definition) is 8.